The number of anilines is 1. The number of nitrogens with one attached hydrogen (secondary N) is 2. The molecular weight excluding hydrogens is 330 g/mol. The molecule has 8 heteroatoms. The molecule has 0 saturated heterocycles. The molecule has 0 unspecified atom stereocenters. The van der Waals surface area contributed by atoms with Crippen molar-refractivity contribution in [2.75, 3.05) is 5.32 Å². The molecule has 0 radical (unpaired) electrons. The summed E-state index contributed by atoms with van der Waals surface area (Å²) < 4.78 is 1.63. The smallest absolute Gasteiger partial charge is 0.259 e. The SMILES string of the molecule is Cn1cnc(-c2cccc(NC(=O)c3cn[nH]c3-c3ccccn3)c2)n1. The highest BCUT2D eigenvalue weighted by molar-refractivity contribution is 6.07. The fourth-order valence-corrected chi connectivity index (χ4v) is 2.57. The van der Waals surface area contributed by atoms with E-state index in [0.717, 1.165) is 5.56 Å². The first-order valence-electron chi connectivity index (χ1n) is 7.93. The number of hydrogen-bond acceptors (Lipinski definition) is 5. The lowest BCUT2D eigenvalue weighted by Gasteiger charge is -2.06. The van der Waals surface area contributed by atoms with Crippen molar-refractivity contribution in [3.63, 3.8) is 0 Å². The van der Waals surface area contributed by atoms with Gasteiger partial charge < -0.3 is 5.32 Å². The van der Waals surface area contributed by atoms with Gasteiger partial charge in [0.05, 0.1) is 23.1 Å². The molecule has 3 heterocycles. The highest BCUT2D eigenvalue weighted by atomic mass is 16.1. The monoisotopic (exact) mass is 345 g/mol. The first-order valence-corrected chi connectivity index (χ1v) is 7.93. The number of aromatic amines is 1. The molecule has 0 atom stereocenters. The molecule has 128 valence electrons. The van der Waals surface area contributed by atoms with E-state index in [1.54, 1.807) is 24.3 Å². The Morgan fingerprint density at radius 3 is 2.85 bits per heavy atom. The van der Waals surface area contributed by atoms with Crippen LogP contribution in [0.4, 0.5) is 5.69 Å². The molecule has 0 fully saturated rings. The molecular formula is C18H15N7O. The summed E-state index contributed by atoms with van der Waals surface area (Å²) in [6.07, 6.45) is 4.79. The molecule has 4 rings (SSSR count). The number of amides is 1. The van der Waals surface area contributed by atoms with Gasteiger partial charge in [-0.25, -0.2) is 4.98 Å². The average Bonchev–Trinajstić information content (AvgIpc) is 3.32. The molecule has 0 aliphatic rings. The van der Waals surface area contributed by atoms with Crippen LogP contribution >= 0.6 is 0 Å². The third-order valence-electron chi connectivity index (χ3n) is 3.78. The minimum atomic E-state index is -0.273. The van der Waals surface area contributed by atoms with Gasteiger partial charge in [0.15, 0.2) is 5.82 Å². The van der Waals surface area contributed by atoms with Crippen LogP contribution in [0.15, 0.2) is 61.2 Å². The molecule has 0 bridgehead atoms. The zero-order valence-corrected chi connectivity index (χ0v) is 13.9. The lowest BCUT2D eigenvalue weighted by Crippen LogP contribution is -2.12. The van der Waals surface area contributed by atoms with Gasteiger partial charge in [-0.15, -0.1) is 0 Å². The van der Waals surface area contributed by atoms with Crippen molar-refractivity contribution >= 4 is 11.6 Å². The van der Waals surface area contributed by atoms with E-state index >= 15 is 0 Å². The number of carbonyl (C=O) groups is 1. The first-order chi connectivity index (χ1) is 12.7. The molecule has 0 saturated carbocycles. The van der Waals surface area contributed by atoms with E-state index in [-0.39, 0.29) is 5.91 Å². The molecule has 1 aromatic carbocycles. The van der Waals surface area contributed by atoms with Gasteiger partial charge >= 0.3 is 0 Å². The highest BCUT2D eigenvalue weighted by Gasteiger charge is 2.16. The molecule has 3 aromatic heterocycles. The van der Waals surface area contributed by atoms with Crippen LogP contribution in [0.2, 0.25) is 0 Å². The standard InChI is InChI=1S/C18H15N7O/c1-25-11-20-17(24-25)12-5-4-6-13(9-12)22-18(26)14-10-21-23-16(14)15-7-2-3-8-19-15/h2-11H,1H3,(H,21,23)(H,22,26). The third kappa shape index (κ3) is 3.07. The number of pyridine rings is 1. The van der Waals surface area contributed by atoms with E-state index in [1.165, 1.54) is 6.20 Å². The van der Waals surface area contributed by atoms with E-state index in [2.05, 4.69) is 30.6 Å². The van der Waals surface area contributed by atoms with Gasteiger partial charge in [0.2, 0.25) is 0 Å². The number of rotatable bonds is 4. The van der Waals surface area contributed by atoms with Gasteiger partial charge in [0.25, 0.3) is 5.91 Å². The number of carbonyl (C=O) groups excluding carboxylic acids is 1. The second kappa shape index (κ2) is 6.60. The number of aromatic nitrogens is 6. The van der Waals surface area contributed by atoms with Crippen LogP contribution in [0.3, 0.4) is 0 Å². The number of H-pyrrole nitrogens is 1. The van der Waals surface area contributed by atoms with Crippen molar-refractivity contribution in [2.24, 2.45) is 7.05 Å². The molecule has 0 aliphatic carbocycles. The summed E-state index contributed by atoms with van der Waals surface area (Å²) in [6.45, 7) is 0. The van der Waals surface area contributed by atoms with Crippen LogP contribution in [0.5, 0.6) is 0 Å². The first kappa shape index (κ1) is 15.7. The maximum atomic E-state index is 12.7. The number of aryl methyl sites for hydroxylation is 1. The zero-order valence-electron chi connectivity index (χ0n) is 13.9. The van der Waals surface area contributed by atoms with Gasteiger partial charge in [-0.2, -0.15) is 10.2 Å². The van der Waals surface area contributed by atoms with Gasteiger partial charge in [0, 0.05) is 24.5 Å². The Labute approximate surface area is 148 Å². The second-order valence-electron chi connectivity index (χ2n) is 5.65. The second-order valence-corrected chi connectivity index (χ2v) is 5.65. The topological polar surface area (TPSA) is 101 Å². The molecule has 4 aromatic rings. The van der Waals surface area contributed by atoms with Crippen LogP contribution in [-0.4, -0.2) is 35.9 Å². The Balaban J connectivity index is 1.59. The number of benzene rings is 1. The molecule has 8 nitrogen and oxygen atoms in total. The predicted molar refractivity (Wildman–Crippen MR) is 96.2 cm³/mol. The number of nitrogens with zero attached hydrogens (tertiary/aromatic N) is 5. The summed E-state index contributed by atoms with van der Waals surface area (Å²) in [4.78, 5) is 21.2. The Kier molecular flexibility index (Phi) is 3.98. The van der Waals surface area contributed by atoms with Crippen LogP contribution in [-0.2, 0) is 7.05 Å². The van der Waals surface area contributed by atoms with E-state index in [4.69, 9.17) is 0 Å². The summed E-state index contributed by atoms with van der Waals surface area (Å²) in [5.41, 5.74) is 3.12. The maximum Gasteiger partial charge on any atom is 0.259 e. The summed E-state index contributed by atoms with van der Waals surface area (Å²) in [7, 11) is 1.81. The Morgan fingerprint density at radius 1 is 1.15 bits per heavy atom. The minimum Gasteiger partial charge on any atom is -0.322 e. The minimum absolute atomic E-state index is 0.273. The van der Waals surface area contributed by atoms with Crippen molar-refractivity contribution in [2.45, 2.75) is 0 Å². The predicted octanol–water partition coefficient (Wildman–Crippen LogP) is 2.52. The van der Waals surface area contributed by atoms with Crippen LogP contribution in [0, 0.1) is 0 Å². The third-order valence-corrected chi connectivity index (χ3v) is 3.78. The van der Waals surface area contributed by atoms with Crippen molar-refractivity contribution < 1.29 is 4.79 Å². The Hall–Kier alpha value is -3.81. The van der Waals surface area contributed by atoms with Gasteiger partial charge in [0.1, 0.15) is 6.33 Å². The summed E-state index contributed by atoms with van der Waals surface area (Å²) in [5, 5.41) is 14.0. The van der Waals surface area contributed by atoms with Crippen LogP contribution in [0.25, 0.3) is 22.8 Å². The quantitative estimate of drug-likeness (QED) is 0.592. The summed E-state index contributed by atoms with van der Waals surface area (Å²) in [5.74, 6) is 0.326. The van der Waals surface area contributed by atoms with Crippen molar-refractivity contribution in [3.05, 3.63) is 66.7 Å². The van der Waals surface area contributed by atoms with Crippen LogP contribution in [0.1, 0.15) is 10.4 Å². The molecule has 0 aliphatic heterocycles. The average molecular weight is 345 g/mol. The van der Waals surface area contributed by atoms with Crippen molar-refractivity contribution in [1.82, 2.24) is 29.9 Å². The van der Waals surface area contributed by atoms with Crippen molar-refractivity contribution in [3.8, 4) is 22.8 Å². The van der Waals surface area contributed by atoms with Crippen LogP contribution < -0.4 is 5.32 Å². The molecule has 26 heavy (non-hydrogen) atoms. The Morgan fingerprint density at radius 2 is 2.08 bits per heavy atom. The van der Waals surface area contributed by atoms with E-state index in [9.17, 15) is 4.79 Å². The maximum absolute atomic E-state index is 12.7. The fourth-order valence-electron chi connectivity index (χ4n) is 2.57. The fraction of sp³-hybridized carbons (Fsp3) is 0.0556. The lowest BCUT2D eigenvalue weighted by atomic mass is 10.1. The van der Waals surface area contributed by atoms with E-state index in [1.807, 2.05) is 42.5 Å². The van der Waals surface area contributed by atoms with Gasteiger partial charge in [-0.3, -0.25) is 19.6 Å². The van der Waals surface area contributed by atoms with Crippen molar-refractivity contribution in [1.29, 1.82) is 0 Å². The lowest BCUT2D eigenvalue weighted by molar-refractivity contribution is 0.102. The molecule has 2 N–H and O–H groups in total. The molecule has 1 amide bonds. The normalized spacial score (nSPS) is 10.7. The Bertz CT molecular complexity index is 1050. The van der Waals surface area contributed by atoms with E-state index < -0.39 is 0 Å². The number of hydrogen-bond donors (Lipinski definition) is 2. The van der Waals surface area contributed by atoms with Gasteiger partial charge in [-0.05, 0) is 24.3 Å². The summed E-state index contributed by atoms with van der Waals surface area (Å²) in [6, 6.07) is 12.9. The zero-order chi connectivity index (χ0) is 17.9. The summed E-state index contributed by atoms with van der Waals surface area (Å²) >= 11 is 0. The highest BCUT2D eigenvalue weighted by Crippen LogP contribution is 2.22. The van der Waals surface area contributed by atoms with Gasteiger partial charge in [-0.1, -0.05) is 18.2 Å². The van der Waals surface area contributed by atoms with E-state index in [0.29, 0.717) is 28.5 Å². The molecule has 0 spiro atoms. The largest absolute Gasteiger partial charge is 0.322 e.